The van der Waals surface area contributed by atoms with Gasteiger partial charge >= 0.3 is 12.1 Å². The fourth-order valence-corrected chi connectivity index (χ4v) is 5.61. The number of rotatable bonds is 10. The van der Waals surface area contributed by atoms with Crippen molar-refractivity contribution in [2.75, 3.05) is 13.2 Å². The predicted molar refractivity (Wildman–Crippen MR) is 154 cm³/mol. The second kappa shape index (κ2) is 12.7. The summed E-state index contributed by atoms with van der Waals surface area (Å²) >= 11 is 0.427. The lowest BCUT2D eigenvalue weighted by molar-refractivity contribution is -0.134. The maximum absolute atomic E-state index is 15.5. The number of ether oxygens (including phenoxy) is 3. The molecule has 240 valence electrons. The van der Waals surface area contributed by atoms with Crippen molar-refractivity contribution >= 4 is 28.3 Å². The molecule has 0 unspecified atom stereocenters. The van der Waals surface area contributed by atoms with E-state index in [9.17, 15) is 18.0 Å². The van der Waals surface area contributed by atoms with E-state index in [-0.39, 0.29) is 76.9 Å². The van der Waals surface area contributed by atoms with Gasteiger partial charge in [-0.3, -0.25) is 0 Å². The Labute approximate surface area is 261 Å². The summed E-state index contributed by atoms with van der Waals surface area (Å²) in [7, 11) is 0. The van der Waals surface area contributed by atoms with Crippen molar-refractivity contribution in [3.8, 4) is 17.1 Å². The van der Waals surface area contributed by atoms with E-state index < -0.39 is 34.5 Å². The van der Waals surface area contributed by atoms with Gasteiger partial charge in [0.25, 0.3) is 0 Å². The molecule has 4 heterocycles. The zero-order valence-electron chi connectivity index (χ0n) is 24.0. The molecule has 6 rings (SSSR count). The van der Waals surface area contributed by atoms with Crippen LogP contribution in [0.1, 0.15) is 45.0 Å². The first-order valence-electron chi connectivity index (χ1n) is 14.1. The number of carbonyl (C=O) groups excluding carboxylic acids is 1. The minimum absolute atomic E-state index is 0.00734. The molecule has 1 atom stereocenters. The molecule has 8 nitrogen and oxygen atoms in total. The standard InChI is InChI=1S/C31H24F6N4O4S/c1-2-43-30(42)17-9-22(34)29-24(10-17)41(14-18-6-7-44-18)26(40-29)11-16-8-21(33)19(12-20(16)32)23-4-3-5-27(39-23)45-15-28-38-13-25(46-28)31(35,36)37/h3-5,8-10,12-13,18H,2,6-7,11,14-15H2,1H3/t18-/m0/s1. The monoisotopic (exact) mass is 662 g/mol. The van der Waals surface area contributed by atoms with Crippen LogP contribution in [-0.2, 0) is 35.2 Å². The van der Waals surface area contributed by atoms with Crippen molar-refractivity contribution in [1.29, 1.82) is 0 Å². The molecule has 0 bridgehead atoms. The lowest BCUT2D eigenvalue weighted by Gasteiger charge is -2.27. The number of alkyl halides is 3. The van der Waals surface area contributed by atoms with Crippen molar-refractivity contribution in [2.45, 2.75) is 45.2 Å². The number of pyridine rings is 1. The largest absolute Gasteiger partial charge is 0.470 e. The molecule has 2 aromatic carbocycles. The maximum atomic E-state index is 15.5. The van der Waals surface area contributed by atoms with Gasteiger partial charge in [0.1, 0.15) is 39.5 Å². The number of hydrogen-bond donors (Lipinski definition) is 0. The zero-order chi connectivity index (χ0) is 32.6. The molecular formula is C31H24F6N4O4S. The van der Waals surface area contributed by atoms with Gasteiger partial charge in [0, 0.05) is 24.7 Å². The highest BCUT2D eigenvalue weighted by molar-refractivity contribution is 7.11. The number of imidazole rings is 1. The average molecular weight is 663 g/mol. The summed E-state index contributed by atoms with van der Waals surface area (Å²) in [5.41, 5.74) is 0.0371. The number of benzene rings is 2. The Hall–Kier alpha value is -4.50. The fourth-order valence-electron chi connectivity index (χ4n) is 4.91. The molecule has 0 radical (unpaired) electrons. The first-order valence-corrected chi connectivity index (χ1v) is 14.9. The number of carbonyl (C=O) groups is 1. The number of thiazole rings is 1. The van der Waals surface area contributed by atoms with Gasteiger partial charge in [0.05, 0.1) is 42.2 Å². The number of esters is 1. The lowest BCUT2D eigenvalue weighted by Crippen LogP contribution is -2.31. The third-order valence-corrected chi connectivity index (χ3v) is 8.25. The van der Waals surface area contributed by atoms with E-state index in [1.54, 1.807) is 11.5 Å². The highest BCUT2D eigenvalue weighted by Gasteiger charge is 2.33. The highest BCUT2D eigenvalue weighted by atomic mass is 32.1. The first-order chi connectivity index (χ1) is 22.0. The molecule has 1 saturated heterocycles. The molecule has 0 N–H and O–H groups in total. The number of halogens is 6. The summed E-state index contributed by atoms with van der Waals surface area (Å²) in [4.78, 5) is 23.7. The van der Waals surface area contributed by atoms with Crippen LogP contribution in [0.2, 0.25) is 0 Å². The van der Waals surface area contributed by atoms with E-state index in [1.807, 2.05) is 0 Å². The van der Waals surface area contributed by atoms with E-state index in [2.05, 4.69) is 15.0 Å². The number of nitrogens with zero attached hydrogens (tertiary/aromatic N) is 4. The molecule has 0 saturated carbocycles. The van der Waals surface area contributed by atoms with Crippen LogP contribution >= 0.6 is 11.3 Å². The van der Waals surface area contributed by atoms with Crippen LogP contribution in [0.3, 0.4) is 0 Å². The Morgan fingerprint density at radius 3 is 2.59 bits per heavy atom. The Morgan fingerprint density at radius 2 is 1.89 bits per heavy atom. The Morgan fingerprint density at radius 1 is 1.09 bits per heavy atom. The van der Waals surface area contributed by atoms with Crippen LogP contribution < -0.4 is 4.74 Å². The minimum Gasteiger partial charge on any atom is -0.470 e. The molecular weight excluding hydrogens is 638 g/mol. The van der Waals surface area contributed by atoms with Gasteiger partial charge in [0.2, 0.25) is 5.88 Å². The zero-order valence-corrected chi connectivity index (χ0v) is 24.9. The summed E-state index contributed by atoms with van der Waals surface area (Å²) < 4.78 is 102. The minimum atomic E-state index is -4.52. The van der Waals surface area contributed by atoms with Gasteiger partial charge < -0.3 is 18.8 Å². The average Bonchev–Trinajstić information content (AvgIpc) is 3.61. The summed E-state index contributed by atoms with van der Waals surface area (Å²) in [5, 5.41) is 0.0630. The molecule has 15 heteroatoms. The topological polar surface area (TPSA) is 88.4 Å². The van der Waals surface area contributed by atoms with Crippen LogP contribution in [0.25, 0.3) is 22.3 Å². The molecule has 5 aromatic rings. The van der Waals surface area contributed by atoms with E-state index >= 15 is 13.2 Å². The van der Waals surface area contributed by atoms with E-state index in [0.29, 0.717) is 29.7 Å². The normalized spacial score (nSPS) is 14.8. The van der Waals surface area contributed by atoms with Crippen molar-refractivity contribution in [3.05, 3.63) is 92.9 Å². The van der Waals surface area contributed by atoms with E-state index in [0.717, 1.165) is 24.6 Å². The van der Waals surface area contributed by atoms with Crippen LogP contribution in [0.4, 0.5) is 26.3 Å². The molecule has 1 aliphatic heterocycles. The van der Waals surface area contributed by atoms with E-state index in [4.69, 9.17) is 14.2 Å². The van der Waals surface area contributed by atoms with Gasteiger partial charge in [-0.25, -0.2) is 32.9 Å². The molecule has 46 heavy (non-hydrogen) atoms. The smallest absolute Gasteiger partial charge is 0.427 e. The molecule has 3 aromatic heterocycles. The maximum Gasteiger partial charge on any atom is 0.427 e. The number of fused-ring (bicyclic) bond motifs is 1. The number of hydrogen-bond acceptors (Lipinski definition) is 8. The van der Waals surface area contributed by atoms with Crippen LogP contribution in [0.15, 0.2) is 48.7 Å². The Bertz CT molecular complexity index is 1920. The van der Waals surface area contributed by atoms with E-state index in [1.165, 1.54) is 24.3 Å². The van der Waals surface area contributed by atoms with Gasteiger partial charge in [-0.1, -0.05) is 6.07 Å². The summed E-state index contributed by atoms with van der Waals surface area (Å²) in [6.45, 7) is 2.24. The van der Waals surface area contributed by atoms with Crippen molar-refractivity contribution < 1.29 is 45.3 Å². The van der Waals surface area contributed by atoms with Crippen molar-refractivity contribution in [2.24, 2.45) is 0 Å². The summed E-state index contributed by atoms with van der Waals surface area (Å²) in [6, 6.07) is 8.78. The SMILES string of the molecule is CCOC(=O)c1cc(F)c2nc(Cc3cc(F)c(-c4cccc(OCc5ncc(C(F)(F)F)s5)n4)cc3F)n(C[C@@H]3CCO3)c2c1. The highest BCUT2D eigenvalue weighted by Crippen LogP contribution is 2.34. The molecule has 0 amide bonds. The first kappa shape index (κ1) is 31.5. The third kappa shape index (κ3) is 6.56. The molecule has 0 spiro atoms. The quantitative estimate of drug-likeness (QED) is 0.116. The lowest BCUT2D eigenvalue weighted by atomic mass is 10.0. The van der Waals surface area contributed by atoms with Gasteiger partial charge in [0.15, 0.2) is 5.82 Å². The van der Waals surface area contributed by atoms with Gasteiger partial charge in [-0.15, -0.1) is 11.3 Å². The van der Waals surface area contributed by atoms with Crippen molar-refractivity contribution in [3.63, 3.8) is 0 Å². The second-order valence-electron chi connectivity index (χ2n) is 10.3. The molecule has 1 aliphatic rings. The van der Waals surface area contributed by atoms with Crippen LogP contribution in [0, 0.1) is 17.5 Å². The van der Waals surface area contributed by atoms with Crippen LogP contribution in [0.5, 0.6) is 5.88 Å². The fraction of sp³-hybridized carbons (Fsp3) is 0.290. The van der Waals surface area contributed by atoms with Gasteiger partial charge in [-0.2, -0.15) is 13.2 Å². The second-order valence-corrected chi connectivity index (χ2v) is 11.4. The van der Waals surface area contributed by atoms with Crippen molar-refractivity contribution in [1.82, 2.24) is 19.5 Å². The Balaban J connectivity index is 1.27. The Kier molecular flexibility index (Phi) is 8.70. The van der Waals surface area contributed by atoms with Crippen LogP contribution in [-0.4, -0.2) is 44.8 Å². The third-order valence-electron chi connectivity index (χ3n) is 7.24. The number of aromatic nitrogens is 4. The van der Waals surface area contributed by atoms with Gasteiger partial charge in [-0.05, 0) is 49.2 Å². The predicted octanol–water partition coefficient (Wildman–Crippen LogP) is 7.13. The molecule has 0 aliphatic carbocycles. The summed E-state index contributed by atoms with van der Waals surface area (Å²) in [5.74, 6) is -2.85. The summed E-state index contributed by atoms with van der Waals surface area (Å²) in [6.07, 6.45) is -3.48. The molecule has 1 fully saturated rings.